The fourth-order valence-corrected chi connectivity index (χ4v) is 2.00. The molecule has 6 heteroatoms. The number of nitro benzene ring substituents is 1. The predicted octanol–water partition coefficient (Wildman–Crippen LogP) is 3.34. The number of hydrogen-bond donors (Lipinski definition) is 1. The van der Waals surface area contributed by atoms with Gasteiger partial charge in [-0.2, -0.15) is 0 Å². The molecule has 0 radical (unpaired) electrons. The number of nitro groups is 1. The Kier molecular flexibility index (Phi) is 4.22. The highest BCUT2D eigenvalue weighted by atomic mass is 35.5. The van der Waals surface area contributed by atoms with Crippen LogP contribution in [0.2, 0.25) is 5.02 Å². The number of halogens is 1. The van der Waals surface area contributed by atoms with E-state index in [4.69, 9.17) is 16.3 Å². The van der Waals surface area contributed by atoms with Gasteiger partial charge in [0, 0.05) is 6.07 Å². The lowest BCUT2D eigenvalue weighted by Gasteiger charge is -2.12. The molecule has 0 spiro atoms. The smallest absolute Gasteiger partial charge is 0.288 e. The maximum absolute atomic E-state index is 10.8. The van der Waals surface area contributed by atoms with Gasteiger partial charge in [-0.25, -0.2) is 0 Å². The van der Waals surface area contributed by atoms with E-state index in [1.807, 2.05) is 0 Å². The van der Waals surface area contributed by atoms with Gasteiger partial charge in [0.15, 0.2) is 0 Å². The number of ether oxygens (including phenoxy) is 1. The Bertz CT molecular complexity index is 628. The molecule has 0 saturated carbocycles. The molecule has 2 rings (SSSR count). The van der Waals surface area contributed by atoms with Gasteiger partial charge in [-0.05, 0) is 29.3 Å². The Morgan fingerprint density at radius 2 is 1.80 bits per heavy atom. The van der Waals surface area contributed by atoms with E-state index in [2.05, 4.69) is 0 Å². The number of aliphatic hydroxyl groups excluding tert-OH is 1. The highest BCUT2D eigenvalue weighted by Crippen LogP contribution is 2.30. The van der Waals surface area contributed by atoms with Crippen LogP contribution in [0.5, 0.6) is 5.75 Å². The zero-order valence-corrected chi connectivity index (χ0v) is 11.4. The van der Waals surface area contributed by atoms with E-state index in [9.17, 15) is 15.2 Å². The molecule has 2 aromatic carbocycles. The van der Waals surface area contributed by atoms with E-state index < -0.39 is 11.0 Å². The van der Waals surface area contributed by atoms with E-state index in [1.54, 1.807) is 37.4 Å². The average molecular weight is 294 g/mol. The summed E-state index contributed by atoms with van der Waals surface area (Å²) in [7, 11) is 1.55. The second-order valence-corrected chi connectivity index (χ2v) is 4.55. The molecule has 1 atom stereocenters. The van der Waals surface area contributed by atoms with Crippen LogP contribution in [0.1, 0.15) is 17.2 Å². The quantitative estimate of drug-likeness (QED) is 0.693. The van der Waals surface area contributed by atoms with Crippen molar-refractivity contribution >= 4 is 17.3 Å². The molecule has 0 aliphatic heterocycles. The number of methoxy groups -OCH3 is 1. The van der Waals surface area contributed by atoms with Gasteiger partial charge in [0.25, 0.3) is 5.69 Å². The van der Waals surface area contributed by atoms with Gasteiger partial charge in [0.2, 0.25) is 0 Å². The van der Waals surface area contributed by atoms with Crippen LogP contribution in [0, 0.1) is 10.1 Å². The molecule has 0 aliphatic carbocycles. The lowest BCUT2D eigenvalue weighted by Crippen LogP contribution is -2.01. The van der Waals surface area contributed by atoms with Crippen molar-refractivity contribution < 1.29 is 14.8 Å². The summed E-state index contributed by atoms with van der Waals surface area (Å²) < 4.78 is 5.03. The van der Waals surface area contributed by atoms with Crippen LogP contribution in [0.3, 0.4) is 0 Å². The van der Waals surface area contributed by atoms with Crippen molar-refractivity contribution in [2.75, 3.05) is 7.11 Å². The molecule has 0 amide bonds. The van der Waals surface area contributed by atoms with Crippen LogP contribution in [-0.4, -0.2) is 17.1 Å². The maximum Gasteiger partial charge on any atom is 0.288 e. The lowest BCUT2D eigenvalue weighted by atomic mass is 10.0. The van der Waals surface area contributed by atoms with Crippen molar-refractivity contribution in [2.24, 2.45) is 0 Å². The summed E-state index contributed by atoms with van der Waals surface area (Å²) in [6.45, 7) is 0. The topological polar surface area (TPSA) is 72.6 Å². The largest absolute Gasteiger partial charge is 0.497 e. The molecule has 0 heterocycles. The molecule has 0 fully saturated rings. The molecular formula is C14H12ClNO4. The highest BCUT2D eigenvalue weighted by molar-refractivity contribution is 6.32. The molecular weight excluding hydrogens is 282 g/mol. The van der Waals surface area contributed by atoms with Crippen LogP contribution >= 0.6 is 11.6 Å². The molecule has 5 nitrogen and oxygen atoms in total. The minimum absolute atomic E-state index is 0.0423. The van der Waals surface area contributed by atoms with Gasteiger partial charge in [-0.1, -0.05) is 29.8 Å². The molecule has 20 heavy (non-hydrogen) atoms. The standard InChI is InChI=1S/C14H12ClNO4/c1-20-11-5-2-9(3-6-11)14(17)10-4-7-12(15)13(8-10)16(18)19/h2-8,14,17H,1H3. The van der Waals surface area contributed by atoms with Crippen molar-refractivity contribution in [3.05, 3.63) is 68.7 Å². The summed E-state index contributed by atoms with van der Waals surface area (Å²) in [6, 6.07) is 11.1. The lowest BCUT2D eigenvalue weighted by molar-refractivity contribution is -0.384. The number of benzene rings is 2. The Balaban J connectivity index is 2.34. The van der Waals surface area contributed by atoms with Crippen LogP contribution in [-0.2, 0) is 0 Å². The third kappa shape index (κ3) is 2.89. The number of hydrogen-bond acceptors (Lipinski definition) is 4. The normalized spacial score (nSPS) is 11.9. The molecule has 104 valence electrons. The van der Waals surface area contributed by atoms with Crippen molar-refractivity contribution in [1.29, 1.82) is 0 Å². The third-order valence-electron chi connectivity index (χ3n) is 2.91. The summed E-state index contributed by atoms with van der Waals surface area (Å²) in [5.41, 5.74) is 0.797. The van der Waals surface area contributed by atoms with E-state index in [1.165, 1.54) is 12.1 Å². The highest BCUT2D eigenvalue weighted by Gasteiger charge is 2.17. The van der Waals surface area contributed by atoms with Crippen LogP contribution < -0.4 is 4.74 Å². The van der Waals surface area contributed by atoms with E-state index >= 15 is 0 Å². The third-order valence-corrected chi connectivity index (χ3v) is 3.23. The van der Waals surface area contributed by atoms with Crippen LogP contribution in [0.25, 0.3) is 0 Å². The van der Waals surface area contributed by atoms with Gasteiger partial charge in [-0.3, -0.25) is 10.1 Å². The molecule has 1 unspecified atom stereocenters. The van der Waals surface area contributed by atoms with Crippen molar-refractivity contribution in [3.63, 3.8) is 0 Å². The van der Waals surface area contributed by atoms with Gasteiger partial charge >= 0.3 is 0 Å². The second kappa shape index (κ2) is 5.90. The number of aliphatic hydroxyl groups is 1. The van der Waals surface area contributed by atoms with Gasteiger partial charge < -0.3 is 9.84 Å². The van der Waals surface area contributed by atoms with Crippen molar-refractivity contribution in [2.45, 2.75) is 6.10 Å². The van der Waals surface area contributed by atoms with Crippen molar-refractivity contribution in [3.8, 4) is 5.75 Å². The molecule has 0 aromatic heterocycles. The van der Waals surface area contributed by atoms with Crippen LogP contribution in [0.4, 0.5) is 5.69 Å². The van der Waals surface area contributed by atoms with E-state index in [0.29, 0.717) is 16.9 Å². The van der Waals surface area contributed by atoms with Gasteiger partial charge in [0.05, 0.1) is 12.0 Å². The SMILES string of the molecule is COc1ccc(C(O)c2ccc(Cl)c([N+](=O)[O-])c2)cc1. The monoisotopic (exact) mass is 293 g/mol. The molecule has 0 saturated heterocycles. The summed E-state index contributed by atoms with van der Waals surface area (Å²) in [5.74, 6) is 0.669. The Morgan fingerprint density at radius 1 is 1.20 bits per heavy atom. The summed E-state index contributed by atoms with van der Waals surface area (Å²) in [6.07, 6.45) is -0.961. The van der Waals surface area contributed by atoms with E-state index in [0.717, 1.165) is 0 Å². The zero-order valence-electron chi connectivity index (χ0n) is 10.6. The summed E-state index contributed by atoms with van der Waals surface area (Å²) in [4.78, 5) is 10.3. The zero-order chi connectivity index (χ0) is 14.7. The number of rotatable bonds is 4. The summed E-state index contributed by atoms with van der Waals surface area (Å²) in [5, 5.41) is 21.1. The minimum Gasteiger partial charge on any atom is -0.497 e. The molecule has 2 aromatic rings. The Hall–Kier alpha value is -2.11. The first kappa shape index (κ1) is 14.3. The average Bonchev–Trinajstić information content (AvgIpc) is 2.47. The predicted molar refractivity (Wildman–Crippen MR) is 75.2 cm³/mol. The maximum atomic E-state index is 10.8. The first-order chi connectivity index (χ1) is 9.52. The van der Waals surface area contributed by atoms with Gasteiger partial charge in [-0.15, -0.1) is 0 Å². The Labute approximate surface area is 120 Å². The first-order valence-electron chi connectivity index (χ1n) is 5.79. The van der Waals surface area contributed by atoms with Gasteiger partial charge in [0.1, 0.15) is 16.9 Å². The fraction of sp³-hybridized carbons (Fsp3) is 0.143. The van der Waals surface area contributed by atoms with Crippen molar-refractivity contribution in [1.82, 2.24) is 0 Å². The molecule has 1 N–H and O–H groups in total. The second-order valence-electron chi connectivity index (χ2n) is 4.14. The molecule has 0 bridgehead atoms. The fourth-order valence-electron chi connectivity index (χ4n) is 1.82. The van der Waals surface area contributed by atoms with E-state index in [-0.39, 0.29) is 10.7 Å². The Morgan fingerprint density at radius 3 is 2.35 bits per heavy atom. The minimum atomic E-state index is -0.961. The summed E-state index contributed by atoms with van der Waals surface area (Å²) >= 11 is 5.74. The van der Waals surface area contributed by atoms with Crippen LogP contribution in [0.15, 0.2) is 42.5 Å². The molecule has 0 aliphatic rings. The number of nitrogens with zero attached hydrogens (tertiary/aromatic N) is 1. The first-order valence-corrected chi connectivity index (χ1v) is 6.16.